The van der Waals surface area contributed by atoms with Crippen molar-refractivity contribution in [3.05, 3.63) is 0 Å². The van der Waals surface area contributed by atoms with Gasteiger partial charge in [-0.05, 0) is 26.1 Å². The first kappa shape index (κ1) is 12.9. The lowest BCUT2D eigenvalue weighted by Gasteiger charge is -2.19. The average Bonchev–Trinajstić information content (AvgIpc) is 2.03. The molecule has 0 aliphatic rings. The summed E-state index contributed by atoms with van der Waals surface area (Å²) in [7, 11) is 2.02. The van der Waals surface area contributed by atoms with Gasteiger partial charge in [-0.3, -0.25) is 0 Å². The van der Waals surface area contributed by atoms with E-state index in [2.05, 4.69) is 31.0 Å². The molecule has 0 saturated heterocycles. The van der Waals surface area contributed by atoms with Crippen LogP contribution in [0.15, 0.2) is 0 Å². The van der Waals surface area contributed by atoms with Crippen LogP contribution in [0.4, 0.5) is 0 Å². The van der Waals surface area contributed by atoms with Crippen LogP contribution < -0.4 is 5.32 Å². The fourth-order valence-corrected chi connectivity index (χ4v) is 1.09. The van der Waals surface area contributed by atoms with Gasteiger partial charge in [0.1, 0.15) is 0 Å². The number of likely N-dealkylation sites (N-methyl/N-ethyl adjacent to an activating group) is 1. The van der Waals surface area contributed by atoms with Gasteiger partial charge in [0.25, 0.3) is 0 Å². The Labute approximate surface area is 82.1 Å². The minimum absolute atomic E-state index is 0.247. The van der Waals surface area contributed by atoms with E-state index in [1.165, 1.54) is 0 Å². The van der Waals surface area contributed by atoms with E-state index in [1.807, 2.05) is 7.05 Å². The van der Waals surface area contributed by atoms with Crippen molar-refractivity contribution in [3.63, 3.8) is 0 Å². The molecule has 0 heterocycles. The van der Waals surface area contributed by atoms with Crippen molar-refractivity contribution in [2.45, 2.75) is 26.9 Å². The normalized spacial score (nSPS) is 14.1. The molecule has 0 fully saturated rings. The van der Waals surface area contributed by atoms with Gasteiger partial charge in [-0.1, -0.05) is 20.8 Å². The molecular weight excluding hydrogens is 164 g/mol. The topological polar surface area (TPSA) is 35.5 Å². The number of nitrogens with zero attached hydrogens (tertiary/aromatic N) is 1. The van der Waals surface area contributed by atoms with E-state index in [0.717, 1.165) is 19.6 Å². The Morgan fingerprint density at radius 1 is 1.31 bits per heavy atom. The highest BCUT2D eigenvalue weighted by Gasteiger charge is 2.06. The Kier molecular flexibility index (Phi) is 7.23. The molecule has 0 bridgehead atoms. The molecule has 3 heteroatoms. The predicted molar refractivity (Wildman–Crippen MR) is 56.9 cm³/mol. The lowest BCUT2D eigenvalue weighted by Crippen LogP contribution is -2.37. The number of aliphatic hydroxyl groups is 1. The van der Waals surface area contributed by atoms with Gasteiger partial charge in [0.05, 0.1) is 6.10 Å². The highest BCUT2D eigenvalue weighted by Crippen LogP contribution is 1.90. The molecule has 0 spiro atoms. The molecule has 0 radical (unpaired) electrons. The highest BCUT2D eigenvalue weighted by molar-refractivity contribution is 4.64. The van der Waals surface area contributed by atoms with Crippen LogP contribution in [0.25, 0.3) is 0 Å². The second-order valence-electron chi connectivity index (χ2n) is 4.06. The van der Waals surface area contributed by atoms with Crippen LogP contribution in [0.3, 0.4) is 0 Å². The number of nitrogens with one attached hydrogen (secondary N) is 1. The van der Waals surface area contributed by atoms with Crippen LogP contribution in [0.1, 0.15) is 20.8 Å². The standard InChI is InChI=1S/C10H24N2O/c1-5-12(4)8-10(13)7-11-6-9(2)3/h9-11,13H,5-8H2,1-4H3. The Morgan fingerprint density at radius 3 is 2.38 bits per heavy atom. The van der Waals surface area contributed by atoms with Gasteiger partial charge in [0.2, 0.25) is 0 Å². The van der Waals surface area contributed by atoms with E-state index in [4.69, 9.17) is 0 Å². The Balaban J connectivity index is 3.34. The third-order valence-corrected chi connectivity index (χ3v) is 1.99. The van der Waals surface area contributed by atoms with Gasteiger partial charge >= 0.3 is 0 Å². The van der Waals surface area contributed by atoms with Crippen molar-refractivity contribution in [1.29, 1.82) is 0 Å². The van der Waals surface area contributed by atoms with Crippen LogP contribution in [0.2, 0.25) is 0 Å². The van der Waals surface area contributed by atoms with Crippen molar-refractivity contribution in [3.8, 4) is 0 Å². The van der Waals surface area contributed by atoms with E-state index in [1.54, 1.807) is 0 Å². The molecule has 0 aliphatic carbocycles. The minimum atomic E-state index is -0.247. The van der Waals surface area contributed by atoms with Gasteiger partial charge in [0.15, 0.2) is 0 Å². The zero-order valence-electron chi connectivity index (χ0n) is 9.38. The maximum Gasteiger partial charge on any atom is 0.0791 e. The van der Waals surface area contributed by atoms with Crippen molar-refractivity contribution in [2.75, 3.05) is 33.2 Å². The zero-order valence-corrected chi connectivity index (χ0v) is 9.38. The Bertz CT molecular complexity index is 117. The van der Waals surface area contributed by atoms with E-state index in [9.17, 15) is 5.11 Å². The molecule has 0 aromatic heterocycles. The van der Waals surface area contributed by atoms with E-state index in [-0.39, 0.29) is 6.10 Å². The summed E-state index contributed by atoms with van der Waals surface area (Å²) in [4.78, 5) is 2.11. The van der Waals surface area contributed by atoms with Crippen molar-refractivity contribution in [1.82, 2.24) is 10.2 Å². The monoisotopic (exact) mass is 188 g/mol. The molecule has 0 amide bonds. The van der Waals surface area contributed by atoms with Gasteiger partial charge in [-0.2, -0.15) is 0 Å². The lowest BCUT2D eigenvalue weighted by molar-refractivity contribution is 0.126. The fourth-order valence-electron chi connectivity index (χ4n) is 1.09. The molecular formula is C10H24N2O. The minimum Gasteiger partial charge on any atom is -0.390 e. The van der Waals surface area contributed by atoms with Gasteiger partial charge in [0, 0.05) is 13.1 Å². The summed E-state index contributed by atoms with van der Waals surface area (Å²) in [6.07, 6.45) is -0.247. The number of rotatable bonds is 7. The molecule has 0 aromatic rings. The maximum atomic E-state index is 9.56. The van der Waals surface area contributed by atoms with Gasteiger partial charge < -0.3 is 15.3 Å². The molecule has 1 atom stereocenters. The molecule has 13 heavy (non-hydrogen) atoms. The molecule has 80 valence electrons. The maximum absolute atomic E-state index is 9.56. The summed E-state index contributed by atoms with van der Waals surface area (Å²) < 4.78 is 0. The molecule has 3 nitrogen and oxygen atoms in total. The fraction of sp³-hybridized carbons (Fsp3) is 1.00. The third-order valence-electron chi connectivity index (χ3n) is 1.99. The van der Waals surface area contributed by atoms with Crippen LogP contribution in [-0.4, -0.2) is 49.3 Å². The second-order valence-corrected chi connectivity index (χ2v) is 4.06. The van der Waals surface area contributed by atoms with Gasteiger partial charge in [-0.25, -0.2) is 0 Å². The van der Waals surface area contributed by atoms with E-state index >= 15 is 0 Å². The highest BCUT2D eigenvalue weighted by atomic mass is 16.3. The molecule has 0 aromatic carbocycles. The third kappa shape index (κ3) is 8.22. The predicted octanol–water partition coefficient (Wildman–Crippen LogP) is 0.545. The van der Waals surface area contributed by atoms with Crippen LogP contribution >= 0.6 is 0 Å². The summed E-state index contributed by atoms with van der Waals surface area (Å²) in [5.41, 5.74) is 0. The molecule has 0 saturated carbocycles. The molecule has 0 aliphatic heterocycles. The number of hydrogen-bond donors (Lipinski definition) is 2. The Hall–Kier alpha value is -0.120. The Morgan fingerprint density at radius 2 is 1.92 bits per heavy atom. The van der Waals surface area contributed by atoms with Crippen molar-refractivity contribution < 1.29 is 5.11 Å². The van der Waals surface area contributed by atoms with Crippen LogP contribution in [-0.2, 0) is 0 Å². The summed E-state index contributed by atoms with van der Waals surface area (Å²) in [5.74, 6) is 0.649. The largest absolute Gasteiger partial charge is 0.390 e. The second kappa shape index (κ2) is 7.30. The molecule has 1 unspecified atom stereocenters. The van der Waals surface area contributed by atoms with Gasteiger partial charge in [-0.15, -0.1) is 0 Å². The SMILES string of the molecule is CCN(C)CC(O)CNCC(C)C. The quantitative estimate of drug-likeness (QED) is 0.612. The first-order valence-electron chi connectivity index (χ1n) is 5.13. The smallest absolute Gasteiger partial charge is 0.0791 e. The van der Waals surface area contributed by atoms with E-state index < -0.39 is 0 Å². The summed E-state index contributed by atoms with van der Waals surface area (Å²) in [6, 6.07) is 0. The van der Waals surface area contributed by atoms with Crippen LogP contribution in [0.5, 0.6) is 0 Å². The number of hydrogen-bond acceptors (Lipinski definition) is 3. The summed E-state index contributed by atoms with van der Waals surface area (Å²) >= 11 is 0. The summed E-state index contributed by atoms with van der Waals surface area (Å²) in [5, 5.41) is 12.8. The number of aliphatic hydroxyl groups excluding tert-OH is 1. The average molecular weight is 188 g/mol. The molecule has 2 N–H and O–H groups in total. The lowest BCUT2D eigenvalue weighted by atomic mass is 10.2. The first-order chi connectivity index (χ1) is 6.06. The van der Waals surface area contributed by atoms with E-state index in [0.29, 0.717) is 12.5 Å². The van der Waals surface area contributed by atoms with Crippen LogP contribution in [0, 0.1) is 5.92 Å². The first-order valence-corrected chi connectivity index (χ1v) is 5.13. The van der Waals surface area contributed by atoms with Crippen molar-refractivity contribution >= 4 is 0 Å². The summed E-state index contributed by atoms with van der Waals surface area (Å²) in [6.45, 7) is 9.83. The molecule has 0 rings (SSSR count). The van der Waals surface area contributed by atoms with Crippen molar-refractivity contribution in [2.24, 2.45) is 5.92 Å². The zero-order chi connectivity index (χ0) is 10.3.